The Labute approximate surface area is 95.2 Å². The second-order valence-electron chi connectivity index (χ2n) is 3.58. The number of hydrogen-bond acceptors (Lipinski definition) is 3. The summed E-state index contributed by atoms with van der Waals surface area (Å²) in [6.07, 6.45) is 1.82. The van der Waals surface area contributed by atoms with Gasteiger partial charge >= 0.3 is 0 Å². The second kappa shape index (κ2) is 6.10. The number of hydrogen-bond donors (Lipinski definition) is 2. The summed E-state index contributed by atoms with van der Waals surface area (Å²) >= 11 is 6.09. The molecule has 0 saturated carbocycles. The van der Waals surface area contributed by atoms with E-state index in [9.17, 15) is 0 Å². The van der Waals surface area contributed by atoms with Gasteiger partial charge in [0.1, 0.15) is 0 Å². The third kappa shape index (κ3) is 3.48. The van der Waals surface area contributed by atoms with E-state index in [1.807, 2.05) is 14.0 Å². The van der Waals surface area contributed by atoms with Gasteiger partial charge < -0.3 is 10.4 Å². The van der Waals surface area contributed by atoms with Crippen LogP contribution in [0.1, 0.15) is 24.2 Å². The van der Waals surface area contributed by atoms with Crippen molar-refractivity contribution in [1.82, 2.24) is 15.1 Å². The minimum absolute atomic E-state index is 0.257. The SMILES string of the molecule is Cc1nn(C)c(CNCCCCO)c1Cl. The van der Waals surface area contributed by atoms with Gasteiger partial charge in [-0.15, -0.1) is 0 Å². The van der Waals surface area contributed by atoms with Gasteiger partial charge in [0, 0.05) is 20.2 Å². The Bertz CT molecular complexity index is 312. The predicted molar refractivity (Wildman–Crippen MR) is 61.0 cm³/mol. The van der Waals surface area contributed by atoms with Crippen LogP contribution in [0.4, 0.5) is 0 Å². The van der Waals surface area contributed by atoms with E-state index in [0.29, 0.717) is 0 Å². The predicted octanol–water partition coefficient (Wildman–Crippen LogP) is 1.24. The molecule has 0 amide bonds. The molecule has 4 nitrogen and oxygen atoms in total. The van der Waals surface area contributed by atoms with Crippen LogP contribution in [0.15, 0.2) is 0 Å². The van der Waals surface area contributed by atoms with Crippen molar-refractivity contribution in [3.63, 3.8) is 0 Å². The molecule has 0 unspecified atom stereocenters. The van der Waals surface area contributed by atoms with E-state index in [1.54, 1.807) is 4.68 Å². The summed E-state index contributed by atoms with van der Waals surface area (Å²) in [5.74, 6) is 0. The largest absolute Gasteiger partial charge is 0.396 e. The number of aliphatic hydroxyl groups is 1. The van der Waals surface area contributed by atoms with Crippen LogP contribution < -0.4 is 5.32 Å². The van der Waals surface area contributed by atoms with E-state index >= 15 is 0 Å². The zero-order valence-corrected chi connectivity index (χ0v) is 10.0. The topological polar surface area (TPSA) is 50.1 Å². The van der Waals surface area contributed by atoms with Crippen LogP contribution in [0.5, 0.6) is 0 Å². The molecular formula is C10H18ClN3O. The highest BCUT2D eigenvalue weighted by molar-refractivity contribution is 6.31. The molecule has 0 radical (unpaired) electrons. The van der Waals surface area contributed by atoms with E-state index in [0.717, 1.165) is 42.3 Å². The molecule has 86 valence electrons. The lowest BCUT2D eigenvalue weighted by Gasteiger charge is -2.05. The molecular weight excluding hydrogens is 214 g/mol. The number of nitrogens with one attached hydrogen (secondary N) is 1. The zero-order valence-electron chi connectivity index (χ0n) is 9.26. The molecule has 0 fully saturated rings. The maximum atomic E-state index is 8.61. The van der Waals surface area contributed by atoms with Crippen molar-refractivity contribution < 1.29 is 5.11 Å². The van der Waals surface area contributed by atoms with E-state index in [2.05, 4.69) is 10.4 Å². The standard InChI is InChI=1S/C10H18ClN3O/c1-8-10(11)9(14(2)13-8)7-12-5-3-4-6-15/h12,15H,3-7H2,1-2H3. The summed E-state index contributed by atoms with van der Waals surface area (Å²) in [5, 5.41) is 16.9. The van der Waals surface area contributed by atoms with Gasteiger partial charge in [0.05, 0.1) is 16.4 Å². The van der Waals surface area contributed by atoms with Gasteiger partial charge in [-0.2, -0.15) is 5.10 Å². The molecule has 0 aliphatic rings. The quantitative estimate of drug-likeness (QED) is 0.725. The average molecular weight is 232 g/mol. The summed E-state index contributed by atoms with van der Waals surface area (Å²) in [6, 6.07) is 0. The first-order chi connectivity index (χ1) is 7.16. The Balaban J connectivity index is 2.37. The van der Waals surface area contributed by atoms with Crippen LogP contribution in [0.2, 0.25) is 5.02 Å². The minimum Gasteiger partial charge on any atom is -0.396 e. The van der Waals surface area contributed by atoms with Gasteiger partial charge in [-0.3, -0.25) is 4.68 Å². The number of aryl methyl sites for hydroxylation is 2. The summed E-state index contributed by atoms with van der Waals surface area (Å²) in [6.45, 7) is 3.77. The van der Waals surface area contributed by atoms with E-state index in [4.69, 9.17) is 16.7 Å². The molecule has 0 saturated heterocycles. The monoisotopic (exact) mass is 231 g/mol. The fraction of sp³-hybridized carbons (Fsp3) is 0.700. The molecule has 0 aliphatic carbocycles. The fourth-order valence-electron chi connectivity index (χ4n) is 1.44. The van der Waals surface area contributed by atoms with Crippen molar-refractivity contribution in [3.8, 4) is 0 Å². The first kappa shape index (κ1) is 12.5. The molecule has 0 aromatic carbocycles. The summed E-state index contributed by atoms with van der Waals surface area (Å²) in [5.41, 5.74) is 1.88. The first-order valence-electron chi connectivity index (χ1n) is 5.16. The number of rotatable bonds is 6. The first-order valence-corrected chi connectivity index (χ1v) is 5.54. The smallest absolute Gasteiger partial charge is 0.0860 e. The van der Waals surface area contributed by atoms with Crippen molar-refractivity contribution in [3.05, 3.63) is 16.4 Å². The van der Waals surface area contributed by atoms with Crippen LogP contribution >= 0.6 is 11.6 Å². The molecule has 2 N–H and O–H groups in total. The van der Waals surface area contributed by atoms with E-state index in [-0.39, 0.29) is 6.61 Å². The number of halogens is 1. The van der Waals surface area contributed by atoms with Crippen LogP contribution in [-0.4, -0.2) is 28.0 Å². The third-order valence-electron chi connectivity index (χ3n) is 2.32. The van der Waals surface area contributed by atoms with E-state index < -0.39 is 0 Å². The molecule has 15 heavy (non-hydrogen) atoms. The highest BCUT2D eigenvalue weighted by Crippen LogP contribution is 2.18. The van der Waals surface area contributed by atoms with E-state index in [1.165, 1.54) is 0 Å². The molecule has 1 heterocycles. The van der Waals surface area contributed by atoms with Gasteiger partial charge in [-0.1, -0.05) is 11.6 Å². The number of aliphatic hydroxyl groups excluding tert-OH is 1. The molecule has 1 aromatic rings. The molecule has 1 aromatic heterocycles. The lowest BCUT2D eigenvalue weighted by Crippen LogP contribution is -2.17. The van der Waals surface area contributed by atoms with Crippen molar-refractivity contribution in [2.24, 2.45) is 7.05 Å². The molecule has 1 rings (SSSR count). The third-order valence-corrected chi connectivity index (χ3v) is 2.81. The Morgan fingerprint density at radius 1 is 1.47 bits per heavy atom. The van der Waals surface area contributed by atoms with Crippen molar-refractivity contribution in [2.45, 2.75) is 26.3 Å². The van der Waals surface area contributed by atoms with Gasteiger partial charge in [-0.05, 0) is 26.3 Å². The Kier molecular flexibility index (Phi) is 5.08. The lowest BCUT2D eigenvalue weighted by molar-refractivity contribution is 0.283. The molecule has 5 heteroatoms. The highest BCUT2D eigenvalue weighted by Gasteiger charge is 2.09. The van der Waals surface area contributed by atoms with Crippen molar-refractivity contribution in [1.29, 1.82) is 0 Å². The minimum atomic E-state index is 0.257. The van der Waals surface area contributed by atoms with Crippen LogP contribution in [0.3, 0.4) is 0 Å². The summed E-state index contributed by atoms with van der Waals surface area (Å²) in [4.78, 5) is 0. The Hall–Kier alpha value is -0.580. The second-order valence-corrected chi connectivity index (χ2v) is 3.96. The summed E-state index contributed by atoms with van der Waals surface area (Å²) in [7, 11) is 1.89. The fourth-order valence-corrected chi connectivity index (χ4v) is 1.67. The van der Waals surface area contributed by atoms with Crippen LogP contribution in [-0.2, 0) is 13.6 Å². The Morgan fingerprint density at radius 2 is 2.20 bits per heavy atom. The highest BCUT2D eigenvalue weighted by atomic mass is 35.5. The average Bonchev–Trinajstić information content (AvgIpc) is 2.44. The number of unbranched alkanes of at least 4 members (excludes halogenated alkanes) is 1. The van der Waals surface area contributed by atoms with Gasteiger partial charge in [0.15, 0.2) is 0 Å². The Morgan fingerprint density at radius 3 is 2.73 bits per heavy atom. The molecule has 0 aliphatic heterocycles. The number of nitrogens with zero attached hydrogens (tertiary/aromatic N) is 2. The lowest BCUT2D eigenvalue weighted by atomic mass is 10.3. The van der Waals surface area contributed by atoms with Gasteiger partial charge in [0.2, 0.25) is 0 Å². The molecule has 0 bridgehead atoms. The molecule has 0 spiro atoms. The maximum absolute atomic E-state index is 8.61. The maximum Gasteiger partial charge on any atom is 0.0860 e. The zero-order chi connectivity index (χ0) is 11.3. The van der Waals surface area contributed by atoms with Crippen LogP contribution in [0.25, 0.3) is 0 Å². The normalized spacial score (nSPS) is 10.9. The van der Waals surface area contributed by atoms with Crippen molar-refractivity contribution in [2.75, 3.05) is 13.2 Å². The summed E-state index contributed by atoms with van der Waals surface area (Å²) < 4.78 is 1.80. The van der Waals surface area contributed by atoms with Gasteiger partial charge in [-0.25, -0.2) is 0 Å². The molecule has 0 atom stereocenters. The van der Waals surface area contributed by atoms with Gasteiger partial charge in [0.25, 0.3) is 0 Å². The van der Waals surface area contributed by atoms with Crippen LogP contribution in [0, 0.1) is 6.92 Å². The van der Waals surface area contributed by atoms with Crippen molar-refractivity contribution >= 4 is 11.6 Å². The number of aromatic nitrogens is 2.